The Balaban J connectivity index is 2.64. The van der Waals surface area contributed by atoms with Gasteiger partial charge in [0, 0.05) is 11.5 Å². The summed E-state index contributed by atoms with van der Waals surface area (Å²) in [5, 5.41) is 7.88. The summed E-state index contributed by atoms with van der Waals surface area (Å²) in [6.45, 7) is 2.18. The minimum atomic E-state index is -4.66. The Morgan fingerprint density at radius 1 is 1.33 bits per heavy atom. The van der Waals surface area contributed by atoms with E-state index in [1.165, 1.54) is 6.92 Å². The molecule has 0 radical (unpaired) electrons. The predicted octanol–water partition coefficient (Wildman–Crippen LogP) is 4.21. The third-order valence-electron chi connectivity index (χ3n) is 4.56. The van der Waals surface area contributed by atoms with Crippen LogP contribution in [0.2, 0.25) is 0 Å². The Labute approximate surface area is 139 Å². The standard InChI is InChI=1S/C15H15F5O3S/c1-6-9(7-4-5-8(16)10(17)11(7)23-3)12(13(21)22)24-14(6,2)15(18,19)20/h4-6,9,12H,1-3H3,(H,21,22)/t6-,9-,12+,14+/m1/s1. The maximum Gasteiger partial charge on any atom is 0.403 e. The van der Waals surface area contributed by atoms with Crippen LogP contribution in [0, 0.1) is 17.6 Å². The Kier molecular flexibility index (Phi) is 4.78. The van der Waals surface area contributed by atoms with E-state index >= 15 is 0 Å². The zero-order chi connectivity index (χ0) is 18.4. The molecule has 0 bridgehead atoms. The van der Waals surface area contributed by atoms with E-state index in [-0.39, 0.29) is 17.3 Å². The van der Waals surface area contributed by atoms with E-state index in [1.54, 1.807) is 0 Å². The highest BCUT2D eigenvalue weighted by molar-refractivity contribution is 8.02. The van der Waals surface area contributed by atoms with Crippen molar-refractivity contribution in [2.75, 3.05) is 7.11 Å². The smallest absolute Gasteiger partial charge is 0.403 e. The molecule has 1 aliphatic rings. The van der Waals surface area contributed by atoms with Crippen molar-refractivity contribution in [3.8, 4) is 5.75 Å². The number of methoxy groups -OCH3 is 1. The fraction of sp³-hybridized carbons (Fsp3) is 0.533. The van der Waals surface area contributed by atoms with Crippen molar-refractivity contribution < 1.29 is 36.6 Å². The van der Waals surface area contributed by atoms with Crippen LogP contribution in [0.15, 0.2) is 12.1 Å². The van der Waals surface area contributed by atoms with Gasteiger partial charge in [-0.1, -0.05) is 13.0 Å². The van der Waals surface area contributed by atoms with Crippen LogP contribution in [-0.2, 0) is 4.79 Å². The second-order valence-corrected chi connectivity index (χ2v) is 7.37. The molecule has 1 aromatic rings. The lowest BCUT2D eigenvalue weighted by Gasteiger charge is -2.32. The summed E-state index contributed by atoms with van der Waals surface area (Å²) in [6, 6.07) is 1.84. The minimum absolute atomic E-state index is 0.0863. The summed E-state index contributed by atoms with van der Waals surface area (Å²) >= 11 is 0.272. The summed E-state index contributed by atoms with van der Waals surface area (Å²) in [5.74, 6) is -6.97. The first-order valence-electron chi connectivity index (χ1n) is 6.95. The van der Waals surface area contributed by atoms with Gasteiger partial charge in [-0.25, -0.2) is 4.39 Å². The molecular formula is C15H15F5O3S. The van der Waals surface area contributed by atoms with Crippen molar-refractivity contribution in [2.45, 2.75) is 35.9 Å². The van der Waals surface area contributed by atoms with E-state index in [4.69, 9.17) is 4.74 Å². The zero-order valence-electron chi connectivity index (χ0n) is 12.9. The van der Waals surface area contributed by atoms with Gasteiger partial charge in [0.05, 0.1) is 7.11 Å². The van der Waals surface area contributed by atoms with Gasteiger partial charge < -0.3 is 9.84 Å². The summed E-state index contributed by atoms with van der Waals surface area (Å²) in [6.07, 6.45) is -4.66. The van der Waals surface area contributed by atoms with Gasteiger partial charge in [-0.2, -0.15) is 17.6 Å². The van der Waals surface area contributed by atoms with E-state index in [1.807, 2.05) is 0 Å². The molecule has 0 unspecified atom stereocenters. The lowest BCUT2D eigenvalue weighted by atomic mass is 9.77. The molecule has 1 aromatic carbocycles. The van der Waals surface area contributed by atoms with Gasteiger partial charge in [0.1, 0.15) is 10.00 Å². The van der Waals surface area contributed by atoms with Crippen LogP contribution in [0.3, 0.4) is 0 Å². The SMILES string of the molecule is COc1c([C@@H]2[C@@H](C(=O)O)S[C@](C)(C(F)(F)F)[C@@H]2C)ccc(F)c1F. The number of hydrogen-bond donors (Lipinski definition) is 1. The molecule has 0 aromatic heterocycles. The Hall–Kier alpha value is -1.51. The van der Waals surface area contributed by atoms with E-state index in [0.29, 0.717) is 0 Å². The number of halogens is 5. The lowest BCUT2D eigenvalue weighted by molar-refractivity contribution is -0.165. The molecule has 24 heavy (non-hydrogen) atoms. The number of ether oxygens (including phenoxy) is 1. The first-order valence-corrected chi connectivity index (χ1v) is 7.83. The van der Waals surface area contributed by atoms with E-state index < -0.39 is 51.4 Å². The van der Waals surface area contributed by atoms with Crippen LogP contribution in [0.1, 0.15) is 25.3 Å². The van der Waals surface area contributed by atoms with Gasteiger partial charge in [0.15, 0.2) is 11.6 Å². The summed E-state index contributed by atoms with van der Waals surface area (Å²) in [5.41, 5.74) is -0.0863. The normalized spacial score (nSPS) is 30.4. The van der Waals surface area contributed by atoms with Crippen molar-refractivity contribution in [1.29, 1.82) is 0 Å². The van der Waals surface area contributed by atoms with Gasteiger partial charge in [0.2, 0.25) is 5.82 Å². The Bertz CT molecular complexity index is 663. The number of rotatable bonds is 3. The van der Waals surface area contributed by atoms with Gasteiger partial charge >= 0.3 is 12.1 Å². The van der Waals surface area contributed by atoms with Crippen LogP contribution in [0.5, 0.6) is 5.75 Å². The molecule has 1 N–H and O–H groups in total. The highest BCUT2D eigenvalue weighted by Gasteiger charge is 2.65. The molecular weight excluding hydrogens is 355 g/mol. The van der Waals surface area contributed by atoms with Crippen LogP contribution < -0.4 is 4.74 Å². The van der Waals surface area contributed by atoms with Crippen molar-refractivity contribution >= 4 is 17.7 Å². The topological polar surface area (TPSA) is 46.5 Å². The maximum atomic E-state index is 13.9. The third kappa shape index (κ3) is 2.72. The second-order valence-electron chi connectivity index (χ2n) is 5.78. The number of aliphatic carboxylic acids is 1. The number of thioether (sulfide) groups is 1. The van der Waals surface area contributed by atoms with Crippen molar-refractivity contribution in [3.63, 3.8) is 0 Å². The van der Waals surface area contributed by atoms with Crippen LogP contribution in [0.4, 0.5) is 22.0 Å². The van der Waals surface area contributed by atoms with Crippen molar-refractivity contribution in [2.24, 2.45) is 5.92 Å². The van der Waals surface area contributed by atoms with Gasteiger partial charge in [-0.15, -0.1) is 11.8 Å². The minimum Gasteiger partial charge on any atom is -0.493 e. The number of hydrogen-bond acceptors (Lipinski definition) is 3. The molecule has 0 aliphatic carbocycles. The summed E-state index contributed by atoms with van der Waals surface area (Å²) < 4.78 is 70.2. The first-order chi connectivity index (χ1) is 11.0. The molecule has 1 fully saturated rings. The largest absolute Gasteiger partial charge is 0.493 e. The molecule has 0 saturated carbocycles. The molecule has 1 saturated heterocycles. The van der Waals surface area contributed by atoms with Crippen LogP contribution in [0.25, 0.3) is 0 Å². The highest BCUT2D eigenvalue weighted by atomic mass is 32.2. The molecule has 4 atom stereocenters. The van der Waals surface area contributed by atoms with E-state index in [0.717, 1.165) is 26.2 Å². The Morgan fingerprint density at radius 3 is 2.38 bits per heavy atom. The number of alkyl halides is 3. The Morgan fingerprint density at radius 2 is 1.92 bits per heavy atom. The average molecular weight is 370 g/mol. The molecule has 1 heterocycles. The van der Waals surface area contributed by atoms with Crippen LogP contribution in [-0.4, -0.2) is 34.4 Å². The third-order valence-corrected chi connectivity index (χ3v) is 6.40. The molecule has 134 valence electrons. The lowest BCUT2D eigenvalue weighted by Crippen LogP contribution is -2.42. The van der Waals surface area contributed by atoms with Crippen molar-refractivity contribution in [1.82, 2.24) is 0 Å². The van der Waals surface area contributed by atoms with Gasteiger partial charge in [-0.05, 0) is 18.9 Å². The summed E-state index contributed by atoms with van der Waals surface area (Å²) in [4.78, 5) is 11.5. The highest BCUT2D eigenvalue weighted by Crippen LogP contribution is 2.62. The first kappa shape index (κ1) is 18.8. The molecule has 9 heteroatoms. The number of benzene rings is 1. The number of carbonyl (C=O) groups is 1. The molecule has 0 spiro atoms. The maximum absolute atomic E-state index is 13.9. The fourth-order valence-corrected chi connectivity index (χ4v) is 4.68. The zero-order valence-corrected chi connectivity index (χ0v) is 13.8. The number of carboxylic acids is 1. The quantitative estimate of drug-likeness (QED) is 0.810. The predicted molar refractivity (Wildman–Crippen MR) is 78.3 cm³/mol. The van der Waals surface area contributed by atoms with Gasteiger partial charge in [-0.3, -0.25) is 4.79 Å². The molecule has 1 aliphatic heterocycles. The average Bonchev–Trinajstić information content (AvgIpc) is 2.75. The second kappa shape index (κ2) is 6.09. The van der Waals surface area contributed by atoms with Crippen LogP contribution >= 0.6 is 11.8 Å². The summed E-state index contributed by atoms with van der Waals surface area (Å²) in [7, 11) is 1.05. The van der Waals surface area contributed by atoms with Gasteiger partial charge in [0.25, 0.3) is 0 Å². The van der Waals surface area contributed by atoms with E-state index in [2.05, 4.69) is 0 Å². The monoisotopic (exact) mass is 370 g/mol. The molecule has 2 rings (SSSR count). The van der Waals surface area contributed by atoms with E-state index in [9.17, 15) is 31.9 Å². The fourth-order valence-electron chi connectivity index (χ4n) is 3.03. The molecule has 3 nitrogen and oxygen atoms in total. The molecule has 0 amide bonds. The number of carboxylic acid groups (broad SMARTS) is 1. The van der Waals surface area contributed by atoms with Crippen molar-refractivity contribution in [3.05, 3.63) is 29.3 Å².